The molecule has 2 N–H and O–H groups in total. The summed E-state index contributed by atoms with van der Waals surface area (Å²) in [4.78, 5) is 24.5. The molecule has 0 aromatic heterocycles. The van der Waals surface area contributed by atoms with Crippen LogP contribution in [0.4, 0.5) is 4.79 Å². The SMILES string of the molecule is CN(CC(C)(C)C)C(=O)NC1(CC(=O)O)CCC1. The highest BCUT2D eigenvalue weighted by molar-refractivity contribution is 5.77. The lowest BCUT2D eigenvalue weighted by atomic mass is 9.74. The topological polar surface area (TPSA) is 69.6 Å². The number of hydrogen-bond acceptors (Lipinski definition) is 2. The quantitative estimate of drug-likeness (QED) is 0.809. The highest BCUT2D eigenvalue weighted by Gasteiger charge is 2.41. The summed E-state index contributed by atoms with van der Waals surface area (Å²) in [6.07, 6.45) is 2.52. The van der Waals surface area contributed by atoms with Crippen molar-refractivity contribution < 1.29 is 14.7 Å². The number of carboxylic acid groups (broad SMARTS) is 1. The zero-order chi connectivity index (χ0) is 14.0. The molecule has 0 unspecified atom stereocenters. The molecule has 2 amide bonds. The Balaban J connectivity index is 2.54. The molecule has 0 aliphatic heterocycles. The molecule has 0 bridgehead atoms. The molecule has 0 heterocycles. The Hall–Kier alpha value is -1.26. The van der Waals surface area contributed by atoms with Crippen LogP contribution in [0.2, 0.25) is 0 Å². The first-order valence-electron chi connectivity index (χ1n) is 6.39. The molecule has 0 aromatic carbocycles. The van der Waals surface area contributed by atoms with E-state index >= 15 is 0 Å². The zero-order valence-corrected chi connectivity index (χ0v) is 11.7. The van der Waals surface area contributed by atoms with Crippen LogP contribution in [0.1, 0.15) is 46.5 Å². The first kappa shape index (κ1) is 14.8. The van der Waals surface area contributed by atoms with Crippen LogP contribution in [0.3, 0.4) is 0 Å². The van der Waals surface area contributed by atoms with Crippen molar-refractivity contribution in [3.8, 4) is 0 Å². The van der Waals surface area contributed by atoms with Gasteiger partial charge in [0.15, 0.2) is 0 Å². The lowest BCUT2D eigenvalue weighted by Gasteiger charge is -2.42. The summed E-state index contributed by atoms with van der Waals surface area (Å²) in [5.74, 6) is -0.853. The average molecular weight is 256 g/mol. The number of carbonyl (C=O) groups excluding carboxylic acids is 1. The van der Waals surface area contributed by atoms with Crippen molar-refractivity contribution in [1.29, 1.82) is 0 Å². The minimum Gasteiger partial charge on any atom is -0.481 e. The maximum atomic E-state index is 12.0. The normalized spacial score (nSPS) is 17.8. The Labute approximate surface area is 109 Å². The van der Waals surface area contributed by atoms with Gasteiger partial charge in [-0.25, -0.2) is 4.79 Å². The smallest absolute Gasteiger partial charge is 0.317 e. The molecule has 5 nitrogen and oxygen atoms in total. The molecule has 1 aliphatic carbocycles. The summed E-state index contributed by atoms with van der Waals surface area (Å²) in [6.45, 7) is 6.83. The van der Waals surface area contributed by atoms with Gasteiger partial charge in [-0.1, -0.05) is 20.8 Å². The molecule has 104 valence electrons. The lowest BCUT2D eigenvalue weighted by Crippen LogP contribution is -2.58. The third kappa shape index (κ3) is 4.20. The van der Waals surface area contributed by atoms with Crippen molar-refractivity contribution in [1.82, 2.24) is 10.2 Å². The molecule has 1 rings (SSSR count). The molecule has 0 aromatic rings. The van der Waals surface area contributed by atoms with Crippen molar-refractivity contribution >= 4 is 12.0 Å². The fraction of sp³-hybridized carbons (Fsp3) is 0.846. The first-order chi connectivity index (χ1) is 8.14. The summed E-state index contributed by atoms with van der Waals surface area (Å²) in [5.41, 5.74) is -0.485. The first-order valence-corrected chi connectivity index (χ1v) is 6.39. The third-order valence-electron chi connectivity index (χ3n) is 3.23. The lowest BCUT2D eigenvalue weighted by molar-refractivity contribution is -0.139. The van der Waals surface area contributed by atoms with Gasteiger partial charge in [0.05, 0.1) is 12.0 Å². The second-order valence-corrected chi connectivity index (χ2v) is 6.55. The largest absolute Gasteiger partial charge is 0.481 e. The summed E-state index contributed by atoms with van der Waals surface area (Å²) in [7, 11) is 1.74. The number of nitrogens with one attached hydrogen (secondary N) is 1. The van der Waals surface area contributed by atoms with Gasteiger partial charge in [0.1, 0.15) is 0 Å². The number of aliphatic carboxylic acids is 1. The van der Waals surface area contributed by atoms with Gasteiger partial charge >= 0.3 is 12.0 Å². The maximum absolute atomic E-state index is 12.0. The van der Waals surface area contributed by atoms with E-state index in [2.05, 4.69) is 26.1 Å². The van der Waals surface area contributed by atoms with Gasteiger partial charge in [-0.15, -0.1) is 0 Å². The van der Waals surface area contributed by atoms with Gasteiger partial charge in [0, 0.05) is 13.6 Å². The van der Waals surface area contributed by atoms with Crippen LogP contribution in [-0.2, 0) is 4.79 Å². The van der Waals surface area contributed by atoms with Crippen molar-refractivity contribution in [2.75, 3.05) is 13.6 Å². The molecule has 0 saturated heterocycles. The number of nitrogens with zero attached hydrogens (tertiary/aromatic N) is 1. The Morgan fingerprint density at radius 1 is 1.33 bits per heavy atom. The van der Waals surface area contributed by atoms with Gasteiger partial charge in [-0.05, 0) is 24.7 Å². The highest BCUT2D eigenvalue weighted by Crippen LogP contribution is 2.35. The predicted molar refractivity (Wildman–Crippen MR) is 69.5 cm³/mol. The van der Waals surface area contributed by atoms with Gasteiger partial charge in [0.2, 0.25) is 0 Å². The number of urea groups is 1. The van der Waals surface area contributed by atoms with E-state index in [4.69, 9.17) is 5.11 Å². The van der Waals surface area contributed by atoms with Gasteiger partial charge < -0.3 is 15.3 Å². The van der Waals surface area contributed by atoms with Crippen LogP contribution >= 0.6 is 0 Å². The zero-order valence-electron chi connectivity index (χ0n) is 11.7. The summed E-state index contributed by atoms with van der Waals surface area (Å²) in [6, 6.07) is -0.175. The molecular formula is C13H24N2O3. The van der Waals surface area contributed by atoms with Crippen molar-refractivity contribution in [2.45, 2.75) is 52.0 Å². The number of carboxylic acids is 1. The van der Waals surface area contributed by atoms with Crippen LogP contribution < -0.4 is 5.32 Å². The summed E-state index contributed by atoms with van der Waals surface area (Å²) < 4.78 is 0. The van der Waals surface area contributed by atoms with Crippen molar-refractivity contribution in [2.24, 2.45) is 5.41 Å². The molecule has 0 radical (unpaired) electrons. The fourth-order valence-corrected chi connectivity index (χ4v) is 2.34. The molecule has 0 atom stereocenters. The molecule has 5 heteroatoms. The second-order valence-electron chi connectivity index (χ2n) is 6.55. The standard InChI is InChI=1S/C13H24N2O3/c1-12(2,3)9-15(4)11(18)14-13(6-5-7-13)8-10(16)17/h5-9H2,1-4H3,(H,14,18)(H,16,17). The van der Waals surface area contributed by atoms with E-state index in [1.54, 1.807) is 11.9 Å². The Morgan fingerprint density at radius 3 is 2.22 bits per heavy atom. The maximum Gasteiger partial charge on any atom is 0.317 e. The average Bonchev–Trinajstić information content (AvgIpc) is 2.10. The second kappa shape index (κ2) is 5.16. The Morgan fingerprint density at radius 2 is 1.89 bits per heavy atom. The molecular weight excluding hydrogens is 232 g/mol. The summed E-state index contributed by atoms with van der Waals surface area (Å²) in [5, 5.41) is 11.8. The minimum atomic E-state index is -0.853. The molecule has 0 spiro atoms. The monoisotopic (exact) mass is 256 g/mol. The van der Waals surface area contributed by atoms with E-state index in [0.717, 1.165) is 19.3 Å². The number of amides is 2. The highest BCUT2D eigenvalue weighted by atomic mass is 16.4. The van der Waals surface area contributed by atoms with E-state index in [0.29, 0.717) is 6.54 Å². The predicted octanol–water partition coefficient (Wildman–Crippen LogP) is 2.07. The van der Waals surface area contributed by atoms with Crippen LogP contribution in [0.15, 0.2) is 0 Å². The Bertz CT molecular complexity index is 330. The fourth-order valence-electron chi connectivity index (χ4n) is 2.34. The van der Waals surface area contributed by atoms with Crippen LogP contribution in [-0.4, -0.2) is 41.1 Å². The van der Waals surface area contributed by atoms with Crippen LogP contribution in [0, 0.1) is 5.41 Å². The molecule has 18 heavy (non-hydrogen) atoms. The van der Waals surface area contributed by atoms with Crippen molar-refractivity contribution in [3.63, 3.8) is 0 Å². The molecule has 1 saturated carbocycles. The Kier molecular flexibility index (Phi) is 4.24. The van der Waals surface area contributed by atoms with Crippen LogP contribution in [0.25, 0.3) is 0 Å². The minimum absolute atomic E-state index is 0.0160. The van der Waals surface area contributed by atoms with E-state index < -0.39 is 11.5 Å². The number of carbonyl (C=O) groups is 2. The van der Waals surface area contributed by atoms with Crippen LogP contribution in [0.5, 0.6) is 0 Å². The van der Waals surface area contributed by atoms with E-state index in [9.17, 15) is 9.59 Å². The number of hydrogen-bond donors (Lipinski definition) is 2. The molecule has 1 aliphatic rings. The van der Waals surface area contributed by atoms with E-state index in [-0.39, 0.29) is 17.9 Å². The van der Waals surface area contributed by atoms with E-state index in [1.807, 2.05) is 0 Å². The van der Waals surface area contributed by atoms with Gasteiger partial charge in [-0.2, -0.15) is 0 Å². The number of rotatable bonds is 4. The van der Waals surface area contributed by atoms with Gasteiger partial charge in [0.25, 0.3) is 0 Å². The van der Waals surface area contributed by atoms with Crippen molar-refractivity contribution in [3.05, 3.63) is 0 Å². The summed E-state index contributed by atoms with van der Waals surface area (Å²) >= 11 is 0. The third-order valence-corrected chi connectivity index (χ3v) is 3.23. The van der Waals surface area contributed by atoms with Gasteiger partial charge in [-0.3, -0.25) is 4.79 Å². The molecule has 1 fully saturated rings. The van der Waals surface area contributed by atoms with E-state index in [1.165, 1.54) is 0 Å².